The SMILES string of the molecule is COc1ccc(NC(=O)N2CCc3[nH]c4c(Br)cccc4c3C2)cc1. The van der Waals surface area contributed by atoms with Gasteiger partial charge in [-0.1, -0.05) is 12.1 Å². The maximum atomic E-state index is 12.6. The van der Waals surface area contributed by atoms with Gasteiger partial charge >= 0.3 is 6.03 Å². The topological polar surface area (TPSA) is 57.4 Å². The van der Waals surface area contributed by atoms with Crippen LogP contribution in [0.5, 0.6) is 5.75 Å². The number of H-pyrrole nitrogens is 1. The van der Waals surface area contributed by atoms with Gasteiger partial charge in [-0.25, -0.2) is 4.79 Å². The number of ether oxygens (including phenoxy) is 1. The van der Waals surface area contributed by atoms with E-state index in [1.165, 1.54) is 16.6 Å². The first kappa shape index (κ1) is 16.0. The molecule has 6 heteroatoms. The minimum absolute atomic E-state index is 0.0832. The first-order valence-electron chi connectivity index (χ1n) is 8.13. The van der Waals surface area contributed by atoms with Gasteiger partial charge < -0.3 is 19.9 Å². The highest BCUT2D eigenvalue weighted by Gasteiger charge is 2.24. The van der Waals surface area contributed by atoms with Gasteiger partial charge in [0.1, 0.15) is 5.75 Å². The van der Waals surface area contributed by atoms with Gasteiger partial charge in [-0.15, -0.1) is 0 Å². The van der Waals surface area contributed by atoms with Crippen LogP contribution in [0.3, 0.4) is 0 Å². The number of benzene rings is 2. The molecule has 0 atom stereocenters. The van der Waals surface area contributed by atoms with Crippen LogP contribution in [0, 0.1) is 0 Å². The van der Waals surface area contributed by atoms with Gasteiger partial charge in [-0.3, -0.25) is 0 Å². The molecule has 0 spiro atoms. The Bertz CT molecular complexity index is 934. The number of hydrogen-bond donors (Lipinski definition) is 2. The summed E-state index contributed by atoms with van der Waals surface area (Å²) >= 11 is 3.59. The van der Waals surface area contributed by atoms with Crippen molar-refractivity contribution in [1.29, 1.82) is 0 Å². The Labute approximate surface area is 154 Å². The molecule has 2 aromatic carbocycles. The monoisotopic (exact) mass is 399 g/mol. The van der Waals surface area contributed by atoms with Crippen molar-refractivity contribution in [3.8, 4) is 5.75 Å². The number of nitrogens with one attached hydrogen (secondary N) is 2. The zero-order valence-electron chi connectivity index (χ0n) is 13.8. The van der Waals surface area contributed by atoms with Gasteiger partial charge in [0, 0.05) is 46.3 Å². The van der Waals surface area contributed by atoms with Crippen LogP contribution in [0.2, 0.25) is 0 Å². The van der Waals surface area contributed by atoms with Gasteiger partial charge in [0.05, 0.1) is 12.6 Å². The van der Waals surface area contributed by atoms with E-state index in [9.17, 15) is 4.79 Å². The van der Waals surface area contributed by atoms with Crippen LogP contribution < -0.4 is 10.1 Å². The molecule has 1 aromatic heterocycles. The summed E-state index contributed by atoms with van der Waals surface area (Å²) in [6, 6.07) is 13.4. The van der Waals surface area contributed by atoms with Crippen molar-refractivity contribution in [2.24, 2.45) is 0 Å². The van der Waals surface area contributed by atoms with Crippen molar-refractivity contribution in [3.05, 3.63) is 58.2 Å². The van der Waals surface area contributed by atoms with Crippen molar-refractivity contribution in [1.82, 2.24) is 9.88 Å². The summed E-state index contributed by atoms with van der Waals surface area (Å²) in [7, 11) is 1.62. The second-order valence-corrected chi connectivity index (χ2v) is 6.93. The Morgan fingerprint density at radius 3 is 2.80 bits per heavy atom. The lowest BCUT2D eigenvalue weighted by Gasteiger charge is -2.27. The average Bonchev–Trinajstić information content (AvgIpc) is 3.02. The molecule has 0 bridgehead atoms. The molecule has 0 unspecified atom stereocenters. The van der Waals surface area contributed by atoms with Gasteiger partial charge in [0.15, 0.2) is 0 Å². The molecule has 0 saturated carbocycles. The van der Waals surface area contributed by atoms with Gasteiger partial charge in [0.25, 0.3) is 0 Å². The first-order chi connectivity index (χ1) is 12.2. The molecule has 0 fully saturated rings. The highest BCUT2D eigenvalue weighted by molar-refractivity contribution is 9.10. The first-order valence-corrected chi connectivity index (χ1v) is 8.93. The molecule has 0 radical (unpaired) electrons. The fourth-order valence-electron chi connectivity index (χ4n) is 3.25. The molecule has 2 heterocycles. The summed E-state index contributed by atoms with van der Waals surface area (Å²) < 4.78 is 6.19. The number of carbonyl (C=O) groups is 1. The minimum Gasteiger partial charge on any atom is -0.497 e. The molecular formula is C19H18BrN3O2. The number of fused-ring (bicyclic) bond motifs is 3. The van der Waals surface area contributed by atoms with E-state index >= 15 is 0 Å². The summed E-state index contributed by atoms with van der Waals surface area (Å²) in [6.45, 7) is 1.30. The zero-order chi connectivity index (χ0) is 17.4. The molecule has 1 aliphatic rings. The normalized spacial score (nSPS) is 13.6. The van der Waals surface area contributed by atoms with Crippen molar-refractivity contribution >= 4 is 38.6 Å². The summed E-state index contributed by atoms with van der Waals surface area (Å²) in [4.78, 5) is 18.0. The summed E-state index contributed by atoms with van der Waals surface area (Å²) in [5.41, 5.74) is 4.28. The van der Waals surface area contributed by atoms with Crippen LogP contribution in [-0.2, 0) is 13.0 Å². The molecule has 4 rings (SSSR count). The Morgan fingerprint density at radius 1 is 1.24 bits per heavy atom. The van der Waals surface area contributed by atoms with E-state index < -0.39 is 0 Å². The minimum atomic E-state index is -0.0832. The van der Waals surface area contributed by atoms with Crippen LogP contribution in [0.15, 0.2) is 46.9 Å². The number of nitrogens with zero attached hydrogens (tertiary/aromatic N) is 1. The average molecular weight is 400 g/mol. The Morgan fingerprint density at radius 2 is 2.04 bits per heavy atom. The molecule has 0 aliphatic carbocycles. The number of anilines is 1. The van der Waals surface area contributed by atoms with Gasteiger partial charge in [-0.2, -0.15) is 0 Å². The van der Waals surface area contributed by atoms with E-state index in [0.29, 0.717) is 13.1 Å². The number of rotatable bonds is 2. The molecule has 2 amide bonds. The van der Waals surface area contributed by atoms with E-state index in [2.05, 4.69) is 32.3 Å². The number of urea groups is 1. The quantitative estimate of drug-likeness (QED) is 0.664. The largest absolute Gasteiger partial charge is 0.497 e. The Kier molecular flexibility index (Phi) is 4.13. The van der Waals surface area contributed by atoms with Crippen LogP contribution in [0.1, 0.15) is 11.3 Å². The fraction of sp³-hybridized carbons (Fsp3) is 0.211. The Balaban J connectivity index is 1.54. The second-order valence-electron chi connectivity index (χ2n) is 6.07. The molecule has 3 aromatic rings. The van der Waals surface area contributed by atoms with Crippen LogP contribution in [0.4, 0.5) is 10.5 Å². The summed E-state index contributed by atoms with van der Waals surface area (Å²) in [5, 5.41) is 4.13. The number of methoxy groups -OCH3 is 1. The number of aromatic amines is 1. The van der Waals surface area contributed by atoms with Gasteiger partial charge in [0.2, 0.25) is 0 Å². The van der Waals surface area contributed by atoms with Crippen molar-refractivity contribution < 1.29 is 9.53 Å². The molecule has 128 valence electrons. The van der Waals surface area contributed by atoms with E-state index in [0.717, 1.165) is 27.8 Å². The highest BCUT2D eigenvalue weighted by Crippen LogP contribution is 2.32. The predicted octanol–water partition coefficient (Wildman–Crippen LogP) is 4.53. The van der Waals surface area contributed by atoms with Gasteiger partial charge in [-0.05, 0) is 46.3 Å². The van der Waals surface area contributed by atoms with Crippen molar-refractivity contribution in [2.75, 3.05) is 19.0 Å². The number of carbonyl (C=O) groups excluding carboxylic acids is 1. The van der Waals surface area contributed by atoms with Crippen molar-refractivity contribution in [2.45, 2.75) is 13.0 Å². The van der Waals surface area contributed by atoms with E-state index in [4.69, 9.17) is 4.74 Å². The molecule has 25 heavy (non-hydrogen) atoms. The summed E-state index contributed by atoms with van der Waals surface area (Å²) in [5.74, 6) is 0.769. The zero-order valence-corrected chi connectivity index (χ0v) is 15.4. The lowest BCUT2D eigenvalue weighted by molar-refractivity contribution is 0.206. The molecule has 0 saturated heterocycles. The third-order valence-electron chi connectivity index (χ3n) is 4.59. The van der Waals surface area contributed by atoms with Crippen LogP contribution in [0.25, 0.3) is 10.9 Å². The van der Waals surface area contributed by atoms with E-state index in [-0.39, 0.29) is 6.03 Å². The second kappa shape index (κ2) is 6.44. The number of halogens is 1. The number of para-hydroxylation sites is 1. The van der Waals surface area contributed by atoms with Crippen molar-refractivity contribution in [3.63, 3.8) is 0 Å². The van der Waals surface area contributed by atoms with E-state index in [1.807, 2.05) is 41.3 Å². The number of amides is 2. The molecule has 5 nitrogen and oxygen atoms in total. The number of hydrogen-bond acceptors (Lipinski definition) is 2. The predicted molar refractivity (Wildman–Crippen MR) is 102 cm³/mol. The highest BCUT2D eigenvalue weighted by atomic mass is 79.9. The molecule has 1 aliphatic heterocycles. The van der Waals surface area contributed by atoms with E-state index in [1.54, 1.807) is 7.11 Å². The third-order valence-corrected chi connectivity index (χ3v) is 5.25. The molecule has 2 N–H and O–H groups in total. The standard InChI is InChI=1S/C19H18BrN3O2/c1-25-13-7-5-12(6-8-13)21-19(24)23-10-9-17-15(11-23)14-3-2-4-16(20)18(14)22-17/h2-8,22H,9-11H2,1H3,(H,21,24). The smallest absolute Gasteiger partial charge is 0.322 e. The number of aromatic nitrogens is 1. The summed E-state index contributed by atoms with van der Waals surface area (Å²) in [6.07, 6.45) is 0.826. The third kappa shape index (κ3) is 2.98. The fourth-order valence-corrected chi connectivity index (χ4v) is 3.72. The van der Waals surface area contributed by atoms with Crippen LogP contribution in [-0.4, -0.2) is 29.6 Å². The maximum Gasteiger partial charge on any atom is 0.322 e. The van der Waals surface area contributed by atoms with Crippen LogP contribution >= 0.6 is 15.9 Å². The Hall–Kier alpha value is -2.47. The molecular weight excluding hydrogens is 382 g/mol. The lowest BCUT2D eigenvalue weighted by Crippen LogP contribution is -2.38. The lowest BCUT2D eigenvalue weighted by atomic mass is 10.0. The maximum absolute atomic E-state index is 12.6.